The molecule has 2 N–H and O–H groups in total. The highest BCUT2D eigenvalue weighted by molar-refractivity contribution is 5.97. The van der Waals surface area contributed by atoms with Gasteiger partial charge in [-0.15, -0.1) is 0 Å². The summed E-state index contributed by atoms with van der Waals surface area (Å²) < 4.78 is 11.2. The second kappa shape index (κ2) is 12.8. The Balaban J connectivity index is 1.77. The number of H-pyrrole nitrogens is 1. The third-order valence-corrected chi connectivity index (χ3v) is 7.74. The molecule has 0 atom stereocenters. The summed E-state index contributed by atoms with van der Waals surface area (Å²) in [6.07, 6.45) is 3.29. The minimum atomic E-state index is -0.524. The number of aryl methyl sites for hydroxylation is 2. The zero-order valence-electron chi connectivity index (χ0n) is 25.6. The molecule has 0 radical (unpaired) electrons. The lowest BCUT2D eigenvalue weighted by atomic mass is 9.88. The van der Waals surface area contributed by atoms with E-state index in [9.17, 15) is 14.4 Å². The Bertz CT molecular complexity index is 1270. The van der Waals surface area contributed by atoms with Crippen molar-refractivity contribution in [1.29, 1.82) is 0 Å². The Morgan fingerprint density at radius 3 is 2.23 bits per heavy atom. The van der Waals surface area contributed by atoms with Crippen LogP contribution in [0, 0.1) is 20.8 Å². The summed E-state index contributed by atoms with van der Waals surface area (Å²) in [5, 5.41) is 2.93. The maximum atomic E-state index is 13.4. The third kappa shape index (κ3) is 7.37. The number of hydrogen-bond acceptors (Lipinski definition) is 6. The number of aromatic amines is 1. The molecule has 9 nitrogen and oxygen atoms in total. The van der Waals surface area contributed by atoms with E-state index in [0.717, 1.165) is 54.7 Å². The Hall–Kier alpha value is -3.49. The van der Waals surface area contributed by atoms with Gasteiger partial charge in [-0.05, 0) is 97.4 Å². The fourth-order valence-electron chi connectivity index (χ4n) is 5.56. The van der Waals surface area contributed by atoms with Gasteiger partial charge in [0.05, 0.1) is 7.11 Å². The molecule has 1 aliphatic carbocycles. The highest BCUT2D eigenvalue weighted by atomic mass is 16.6. The van der Waals surface area contributed by atoms with Crippen molar-refractivity contribution in [3.63, 3.8) is 0 Å². The van der Waals surface area contributed by atoms with E-state index in [1.807, 2.05) is 60.7 Å². The minimum Gasteiger partial charge on any atom is -0.497 e. The molecule has 3 rings (SSSR count). The van der Waals surface area contributed by atoms with Crippen LogP contribution in [-0.4, -0.2) is 60.3 Å². The Kier molecular flexibility index (Phi) is 9.92. The molecule has 2 aromatic rings. The average Bonchev–Trinajstić information content (AvgIpc) is 2.88. The highest BCUT2D eigenvalue weighted by Gasteiger charge is 2.32. The molecule has 1 aromatic heterocycles. The molecular weight excluding hydrogens is 508 g/mol. The summed E-state index contributed by atoms with van der Waals surface area (Å²) >= 11 is 0. The van der Waals surface area contributed by atoms with Crippen molar-refractivity contribution in [3.05, 3.63) is 56.5 Å². The summed E-state index contributed by atoms with van der Waals surface area (Å²) in [5.74, 6) is 0.350. The number of carbonyl (C=O) groups excluding carboxylic acids is 2. The van der Waals surface area contributed by atoms with E-state index in [1.54, 1.807) is 18.1 Å². The summed E-state index contributed by atoms with van der Waals surface area (Å²) in [5.41, 5.74) is 3.81. The molecule has 2 amide bonds. The van der Waals surface area contributed by atoms with Crippen LogP contribution >= 0.6 is 0 Å². The van der Waals surface area contributed by atoms with Crippen LogP contribution in [-0.2, 0) is 11.3 Å². The molecule has 1 fully saturated rings. The largest absolute Gasteiger partial charge is 0.497 e. The number of aromatic nitrogens is 1. The maximum absolute atomic E-state index is 13.4. The van der Waals surface area contributed by atoms with Gasteiger partial charge in [0.2, 0.25) is 0 Å². The van der Waals surface area contributed by atoms with Gasteiger partial charge in [-0.2, -0.15) is 0 Å². The number of methoxy groups -OCH3 is 1. The van der Waals surface area contributed by atoms with Crippen molar-refractivity contribution >= 4 is 17.7 Å². The van der Waals surface area contributed by atoms with Gasteiger partial charge in [0.25, 0.3) is 11.5 Å². The van der Waals surface area contributed by atoms with Crippen LogP contribution in [0.15, 0.2) is 23.0 Å². The first-order valence-corrected chi connectivity index (χ1v) is 14.1. The van der Waals surface area contributed by atoms with Gasteiger partial charge < -0.3 is 29.6 Å². The molecule has 1 aromatic carbocycles. The van der Waals surface area contributed by atoms with E-state index in [1.165, 1.54) is 0 Å². The van der Waals surface area contributed by atoms with Crippen molar-refractivity contribution in [3.8, 4) is 5.75 Å². The van der Waals surface area contributed by atoms with Gasteiger partial charge in [0.15, 0.2) is 0 Å². The van der Waals surface area contributed by atoms with E-state index >= 15 is 0 Å². The monoisotopic (exact) mass is 554 g/mol. The number of amides is 2. The first kappa shape index (κ1) is 31.0. The zero-order chi connectivity index (χ0) is 29.8. The zero-order valence-corrected chi connectivity index (χ0v) is 25.6. The second-order valence-corrected chi connectivity index (χ2v) is 11.8. The van der Waals surface area contributed by atoms with E-state index < -0.39 is 5.60 Å². The normalized spacial score (nSPS) is 17.2. The predicted molar refractivity (Wildman–Crippen MR) is 158 cm³/mol. The van der Waals surface area contributed by atoms with Crippen LogP contribution in [0.3, 0.4) is 0 Å². The summed E-state index contributed by atoms with van der Waals surface area (Å²) in [4.78, 5) is 45.3. The van der Waals surface area contributed by atoms with Crippen LogP contribution in [0.4, 0.5) is 10.5 Å². The van der Waals surface area contributed by atoms with E-state index in [-0.39, 0.29) is 36.2 Å². The number of rotatable bonds is 8. The summed E-state index contributed by atoms with van der Waals surface area (Å²) in [6.45, 7) is 14.3. The van der Waals surface area contributed by atoms with Crippen molar-refractivity contribution in [2.75, 3.05) is 25.6 Å². The number of hydrogen-bond donors (Lipinski definition) is 2. The van der Waals surface area contributed by atoms with Gasteiger partial charge >= 0.3 is 6.09 Å². The Morgan fingerprint density at radius 1 is 1.05 bits per heavy atom. The van der Waals surface area contributed by atoms with Crippen molar-refractivity contribution in [2.45, 2.75) is 98.4 Å². The number of nitrogens with zero attached hydrogens (tertiary/aromatic N) is 2. The average molecular weight is 555 g/mol. The fourth-order valence-corrected chi connectivity index (χ4v) is 5.56. The smallest absolute Gasteiger partial charge is 0.410 e. The van der Waals surface area contributed by atoms with Crippen LogP contribution in [0.1, 0.15) is 86.1 Å². The molecule has 0 saturated heterocycles. The van der Waals surface area contributed by atoms with Gasteiger partial charge in [0.1, 0.15) is 11.4 Å². The van der Waals surface area contributed by atoms with Gasteiger partial charge in [-0.25, -0.2) is 4.79 Å². The number of nitrogens with one attached hydrogen (secondary N) is 2. The lowest BCUT2D eigenvalue weighted by Gasteiger charge is -2.41. The van der Waals surface area contributed by atoms with Crippen LogP contribution in [0.5, 0.6) is 5.75 Å². The molecule has 220 valence electrons. The van der Waals surface area contributed by atoms with E-state index in [4.69, 9.17) is 9.47 Å². The lowest BCUT2D eigenvalue weighted by Crippen LogP contribution is -2.46. The molecule has 9 heteroatoms. The Labute approximate surface area is 238 Å². The molecule has 0 spiro atoms. The molecule has 0 bridgehead atoms. The summed E-state index contributed by atoms with van der Waals surface area (Å²) in [6, 6.07) is 6.04. The lowest BCUT2D eigenvalue weighted by molar-refractivity contribution is 0.0183. The van der Waals surface area contributed by atoms with Gasteiger partial charge in [0, 0.05) is 60.8 Å². The topological polar surface area (TPSA) is 104 Å². The molecular formula is C31H46N4O5. The number of anilines is 1. The van der Waals surface area contributed by atoms with Crippen LogP contribution in [0.2, 0.25) is 0 Å². The standard InChI is InChI=1S/C31H46N4O5/c1-10-35(23-13-11-22(12-14-23)34(8)30(38)40-31(5,6)7)27-17-24(39-9)16-25(21(27)4)28(36)32-18-26-19(2)15-20(3)33-29(26)37/h15-17,22-23H,10-14,18H2,1-9H3,(H,32,36)(H,33,37). The van der Waals surface area contributed by atoms with Crippen molar-refractivity contribution in [2.24, 2.45) is 0 Å². The predicted octanol–water partition coefficient (Wildman–Crippen LogP) is 5.24. The number of carbonyl (C=O) groups is 2. The summed E-state index contributed by atoms with van der Waals surface area (Å²) in [7, 11) is 3.42. The van der Waals surface area contributed by atoms with Gasteiger partial charge in [-0.3, -0.25) is 9.59 Å². The first-order valence-electron chi connectivity index (χ1n) is 14.1. The molecule has 1 aliphatic rings. The SMILES string of the molecule is CCN(c1cc(OC)cc(C(=O)NCc2c(C)cc(C)[nH]c2=O)c1C)C1CCC(N(C)C(=O)OC(C)(C)C)CC1. The van der Waals surface area contributed by atoms with E-state index in [0.29, 0.717) is 16.9 Å². The molecule has 40 heavy (non-hydrogen) atoms. The minimum absolute atomic E-state index is 0.130. The number of ether oxygens (including phenoxy) is 2. The molecule has 0 unspecified atom stereocenters. The van der Waals surface area contributed by atoms with E-state index in [2.05, 4.69) is 22.1 Å². The number of benzene rings is 1. The van der Waals surface area contributed by atoms with Crippen LogP contribution < -0.4 is 20.5 Å². The van der Waals surface area contributed by atoms with Crippen molar-refractivity contribution < 1.29 is 19.1 Å². The van der Waals surface area contributed by atoms with Crippen molar-refractivity contribution in [1.82, 2.24) is 15.2 Å². The molecule has 1 heterocycles. The second-order valence-electron chi connectivity index (χ2n) is 11.8. The molecule has 0 aliphatic heterocycles. The highest BCUT2D eigenvalue weighted by Crippen LogP contribution is 2.35. The Morgan fingerprint density at radius 2 is 1.68 bits per heavy atom. The third-order valence-electron chi connectivity index (χ3n) is 7.74. The number of pyridine rings is 1. The quantitative estimate of drug-likeness (QED) is 0.462. The van der Waals surface area contributed by atoms with Gasteiger partial charge in [-0.1, -0.05) is 0 Å². The molecule has 1 saturated carbocycles. The first-order chi connectivity index (χ1) is 18.7. The maximum Gasteiger partial charge on any atom is 0.410 e. The van der Waals surface area contributed by atoms with Crippen LogP contribution in [0.25, 0.3) is 0 Å². The fraction of sp³-hybridized carbons (Fsp3) is 0.581.